The molecule has 1 aromatic rings. The van der Waals surface area contributed by atoms with E-state index >= 15 is 0 Å². The van der Waals surface area contributed by atoms with Gasteiger partial charge in [0.2, 0.25) is 0 Å². The third-order valence-corrected chi connectivity index (χ3v) is 1.79. The fourth-order valence-corrected chi connectivity index (χ4v) is 1.21. The van der Waals surface area contributed by atoms with Gasteiger partial charge in [-0.05, 0) is 0 Å². The highest BCUT2D eigenvalue weighted by molar-refractivity contribution is 7.80. The molecule has 0 amide bonds. The molecular formula is C5H6ClN3O3S. The normalized spacial score (nSPS) is 12.2. The molecule has 1 rings (SSSR count). The van der Waals surface area contributed by atoms with Crippen LogP contribution in [0.2, 0.25) is 5.15 Å². The maximum Gasteiger partial charge on any atom is 0.260 e. The van der Waals surface area contributed by atoms with E-state index in [-0.39, 0.29) is 16.7 Å². The monoisotopic (exact) mass is 223 g/mol. The van der Waals surface area contributed by atoms with Gasteiger partial charge in [0.25, 0.3) is 11.3 Å². The molecule has 1 aromatic heterocycles. The first-order valence-electron chi connectivity index (χ1n) is 3.07. The topological polar surface area (TPSA) is 84.3 Å². The van der Waals surface area contributed by atoms with Crippen molar-refractivity contribution in [3.05, 3.63) is 11.5 Å². The molecule has 0 saturated heterocycles. The molecule has 0 aromatic carbocycles. The molecular weight excluding hydrogens is 218 g/mol. The minimum absolute atomic E-state index is 0.0725. The van der Waals surface area contributed by atoms with Crippen LogP contribution < -0.4 is 9.46 Å². The molecule has 0 spiro atoms. The van der Waals surface area contributed by atoms with Gasteiger partial charge < -0.3 is 4.74 Å². The van der Waals surface area contributed by atoms with Crippen molar-refractivity contribution in [3.63, 3.8) is 0 Å². The minimum Gasteiger partial charge on any atom is -0.490 e. The first-order valence-corrected chi connectivity index (χ1v) is 4.55. The summed E-state index contributed by atoms with van der Waals surface area (Å²) in [6, 6.07) is 0. The summed E-state index contributed by atoms with van der Waals surface area (Å²) >= 11 is 3.40. The van der Waals surface area contributed by atoms with E-state index < -0.39 is 11.3 Å². The Labute approximate surface area is 81.7 Å². The van der Waals surface area contributed by atoms with Crippen LogP contribution in [0, 0.1) is 0 Å². The number of anilines is 1. The van der Waals surface area contributed by atoms with E-state index in [4.69, 9.17) is 20.9 Å². The molecule has 1 atom stereocenters. The van der Waals surface area contributed by atoms with Gasteiger partial charge in [0.15, 0.2) is 16.7 Å². The zero-order valence-electron chi connectivity index (χ0n) is 6.52. The van der Waals surface area contributed by atoms with Gasteiger partial charge in [-0.15, -0.1) is 0 Å². The smallest absolute Gasteiger partial charge is 0.260 e. The van der Waals surface area contributed by atoms with Crippen molar-refractivity contribution in [2.24, 2.45) is 0 Å². The Morgan fingerprint density at radius 3 is 2.92 bits per heavy atom. The largest absolute Gasteiger partial charge is 0.490 e. The Hall–Kier alpha value is -0.920. The predicted molar refractivity (Wildman–Crippen MR) is 48.0 cm³/mol. The van der Waals surface area contributed by atoms with Crippen LogP contribution in [-0.2, 0) is 11.3 Å². The summed E-state index contributed by atoms with van der Waals surface area (Å²) in [5.74, 6) is 0.204. The fraction of sp³-hybridized carbons (Fsp3) is 0.200. The van der Waals surface area contributed by atoms with Crippen LogP contribution in [0.15, 0.2) is 6.33 Å². The third-order valence-electron chi connectivity index (χ3n) is 1.15. The number of nitrogens with zero attached hydrogens (tertiary/aromatic N) is 2. The van der Waals surface area contributed by atoms with Crippen molar-refractivity contribution in [2.75, 3.05) is 11.8 Å². The number of rotatable bonds is 3. The maximum atomic E-state index is 10.4. The second-order valence-corrected chi connectivity index (χ2v) is 2.96. The van der Waals surface area contributed by atoms with E-state index in [0.29, 0.717) is 0 Å². The summed E-state index contributed by atoms with van der Waals surface area (Å²) in [5, 5.41) is 0.0745. The summed E-state index contributed by atoms with van der Waals surface area (Å²) in [4.78, 5) is 7.29. The third kappa shape index (κ3) is 2.51. The van der Waals surface area contributed by atoms with Crippen LogP contribution in [0.5, 0.6) is 5.75 Å². The molecule has 1 unspecified atom stereocenters. The molecule has 0 aliphatic rings. The Bertz CT molecular complexity index is 335. The number of hydrogen-bond acceptors (Lipinski definition) is 4. The van der Waals surface area contributed by atoms with Crippen molar-refractivity contribution in [2.45, 2.75) is 0 Å². The quantitative estimate of drug-likeness (QED) is 0.582. The van der Waals surface area contributed by atoms with Crippen molar-refractivity contribution in [1.82, 2.24) is 9.97 Å². The SMILES string of the molecule is COc1c(Cl)ncnc1NS(=O)O. The van der Waals surface area contributed by atoms with Crippen LogP contribution in [-0.4, -0.2) is 25.8 Å². The lowest BCUT2D eigenvalue weighted by atomic mass is 10.5. The van der Waals surface area contributed by atoms with Crippen LogP contribution in [0.4, 0.5) is 5.82 Å². The van der Waals surface area contributed by atoms with Crippen molar-refractivity contribution < 1.29 is 13.5 Å². The standard InChI is InChI=1S/C5H6ClN3O3S/c1-12-3-4(6)7-2-8-5(3)9-13(10)11/h2H,1H3,(H,10,11)(H,7,8,9). The van der Waals surface area contributed by atoms with Gasteiger partial charge in [-0.25, -0.2) is 14.2 Å². The van der Waals surface area contributed by atoms with Crippen LogP contribution >= 0.6 is 11.6 Å². The summed E-state index contributed by atoms with van der Waals surface area (Å²) < 4.78 is 25.9. The fourth-order valence-electron chi connectivity index (χ4n) is 0.689. The second-order valence-electron chi connectivity index (χ2n) is 1.90. The van der Waals surface area contributed by atoms with Crippen molar-refractivity contribution in [1.29, 1.82) is 0 Å². The average molecular weight is 224 g/mol. The van der Waals surface area contributed by atoms with E-state index in [9.17, 15) is 4.21 Å². The summed E-state index contributed by atoms with van der Waals surface area (Å²) in [6.45, 7) is 0. The molecule has 6 nitrogen and oxygen atoms in total. The van der Waals surface area contributed by atoms with Crippen molar-refractivity contribution >= 4 is 28.7 Å². The average Bonchev–Trinajstić information content (AvgIpc) is 2.03. The van der Waals surface area contributed by atoms with E-state index in [2.05, 4.69) is 14.7 Å². The second kappa shape index (κ2) is 4.35. The summed E-state index contributed by atoms with van der Waals surface area (Å²) in [7, 11) is 1.36. The molecule has 2 N–H and O–H groups in total. The maximum absolute atomic E-state index is 10.4. The lowest BCUT2D eigenvalue weighted by Gasteiger charge is -2.06. The molecule has 0 bridgehead atoms. The highest BCUT2D eigenvalue weighted by Crippen LogP contribution is 2.28. The van der Waals surface area contributed by atoms with Gasteiger partial charge in [0, 0.05) is 0 Å². The van der Waals surface area contributed by atoms with E-state index in [1.165, 1.54) is 7.11 Å². The highest BCUT2D eigenvalue weighted by Gasteiger charge is 2.10. The zero-order chi connectivity index (χ0) is 9.84. The molecule has 0 saturated carbocycles. The molecule has 0 fully saturated rings. The zero-order valence-corrected chi connectivity index (χ0v) is 8.09. The first kappa shape index (κ1) is 10.2. The number of methoxy groups -OCH3 is 1. The number of aromatic nitrogens is 2. The van der Waals surface area contributed by atoms with Gasteiger partial charge >= 0.3 is 0 Å². The van der Waals surface area contributed by atoms with Crippen LogP contribution in [0.3, 0.4) is 0 Å². The lowest BCUT2D eigenvalue weighted by Crippen LogP contribution is -2.06. The Kier molecular flexibility index (Phi) is 3.40. The van der Waals surface area contributed by atoms with E-state index in [0.717, 1.165) is 6.33 Å². The molecule has 13 heavy (non-hydrogen) atoms. The Morgan fingerprint density at radius 2 is 2.38 bits per heavy atom. The predicted octanol–water partition coefficient (Wildman–Crippen LogP) is 0.687. The highest BCUT2D eigenvalue weighted by atomic mass is 35.5. The van der Waals surface area contributed by atoms with Crippen molar-refractivity contribution in [3.8, 4) is 5.75 Å². The molecule has 72 valence electrons. The van der Waals surface area contributed by atoms with Gasteiger partial charge in [-0.3, -0.25) is 9.27 Å². The number of nitrogens with one attached hydrogen (secondary N) is 1. The molecule has 0 aliphatic heterocycles. The number of halogens is 1. The van der Waals surface area contributed by atoms with E-state index in [1.807, 2.05) is 0 Å². The molecule has 1 heterocycles. The van der Waals surface area contributed by atoms with Gasteiger partial charge in [-0.1, -0.05) is 11.6 Å². The minimum atomic E-state index is -2.22. The Balaban J connectivity index is 3.05. The molecule has 0 radical (unpaired) electrons. The van der Waals surface area contributed by atoms with E-state index in [1.54, 1.807) is 0 Å². The molecule has 8 heteroatoms. The van der Waals surface area contributed by atoms with Crippen LogP contribution in [0.25, 0.3) is 0 Å². The summed E-state index contributed by atoms with van der Waals surface area (Å²) in [5.41, 5.74) is 0. The number of ether oxygens (including phenoxy) is 1. The summed E-state index contributed by atoms with van der Waals surface area (Å²) in [6.07, 6.45) is 1.15. The molecule has 0 aliphatic carbocycles. The van der Waals surface area contributed by atoms with Gasteiger partial charge in [-0.2, -0.15) is 0 Å². The lowest BCUT2D eigenvalue weighted by molar-refractivity contribution is 0.413. The van der Waals surface area contributed by atoms with Crippen LogP contribution in [0.1, 0.15) is 0 Å². The number of hydrogen-bond donors (Lipinski definition) is 2. The Morgan fingerprint density at radius 1 is 1.69 bits per heavy atom. The van der Waals surface area contributed by atoms with Gasteiger partial charge in [0.1, 0.15) is 6.33 Å². The first-order chi connectivity index (χ1) is 6.15. The van der Waals surface area contributed by atoms with Gasteiger partial charge in [0.05, 0.1) is 7.11 Å².